The molecule has 5 nitrogen and oxygen atoms in total. The zero-order valence-electron chi connectivity index (χ0n) is 14.2. The Balaban J connectivity index is 0.00000208. The molecule has 1 amide bonds. The summed E-state index contributed by atoms with van der Waals surface area (Å²) >= 11 is 0. The van der Waals surface area contributed by atoms with Crippen LogP contribution < -0.4 is 5.73 Å². The SMILES string of the molecule is CC1(C)CN(C(=O)Cc2ccc(-n3cccn3)cc2)CCC1N.Cl. The minimum absolute atomic E-state index is 0. The summed E-state index contributed by atoms with van der Waals surface area (Å²) in [6.07, 6.45) is 4.96. The number of piperidine rings is 1. The Morgan fingerprint density at radius 2 is 2.04 bits per heavy atom. The standard InChI is InChI=1S/C18H24N4O.ClH/c1-18(2)13-21(11-8-16(18)19)17(23)12-14-4-6-15(7-5-14)22-10-3-9-20-22;/h3-7,9-10,16H,8,11-13,19H2,1-2H3;1H. The molecule has 24 heavy (non-hydrogen) atoms. The maximum absolute atomic E-state index is 12.5. The lowest BCUT2D eigenvalue weighted by molar-refractivity contribution is -0.133. The average Bonchev–Trinajstić information content (AvgIpc) is 3.05. The summed E-state index contributed by atoms with van der Waals surface area (Å²) in [5.74, 6) is 0.178. The molecule has 1 aliphatic rings. The van der Waals surface area contributed by atoms with Crippen LogP contribution in [-0.4, -0.2) is 39.7 Å². The molecule has 1 aromatic heterocycles. The van der Waals surface area contributed by atoms with Gasteiger partial charge in [-0.3, -0.25) is 4.79 Å². The normalized spacial score (nSPS) is 19.6. The van der Waals surface area contributed by atoms with Crippen LogP contribution in [0.3, 0.4) is 0 Å². The predicted octanol–water partition coefficient (Wildman–Crippen LogP) is 2.42. The molecule has 2 aromatic rings. The number of aromatic nitrogens is 2. The van der Waals surface area contributed by atoms with Crippen LogP contribution >= 0.6 is 12.4 Å². The predicted molar refractivity (Wildman–Crippen MR) is 97.5 cm³/mol. The molecule has 1 atom stereocenters. The van der Waals surface area contributed by atoms with Gasteiger partial charge in [-0.15, -0.1) is 12.4 Å². The first-order chi connectivity index (χ1) is 11.0. The second-order valence-electron chi connectivity index (χ2n) is 6.99. The molecule has 2 N–H and O–H groups in total. The van der Waals surface area contributed by atoms with Crippen molar-refractivity contribution < 1.29 is 4.79 Å². The van der Waals surface area contributed by atoms with Gasteiger partial charge in [0.25, 0.3) is 0 Å². The highest BCUT2D eigenvalue weighted by molar-refractivity contribution is 5.85. The zero-order valence-corrected chi connectivity index (χ0v) is 15.0. The van der Waals surface area contributed by atoms with Crippen LogP contribution in [0.5, 0.6) is 0 Å². The van der Waals surface area contributed by atoms with Gasteiger partial charge in [-0.25, -0.2) is 4.68 Å². The molecular weight excluding hydrogens is 324 g/mol. The van der Waals surface area contributed by atoms with E-state index in [0.717, 1.165) is 30.8 Å². The van der Waals surface area contributed by atoms with Crippen molar-refractivity contribution in [1.82, 2.24) is 14.7 Å². The van der Waals surface area contributed by atoms with Gasteiger partial charge in [0, 0.05) is 31.5 Å². The molecule has 1 unspecified atom stereocenters. The molecule has 0 radical (unpaired) electrons. The van der Waals surface area contributed by atoms with E-state index in [1.54, 1.807) is 10.9 Å². The minimum Gasteiger partial charge on any atom is -0.342 e. The van der Waals surface area contributed by atoms with E-state index in [2.05, 4.69) is 18.9 Å². The first-order valence-corrected chi connectivity index (χ1v) is 8.08. The van der Waals surface area contributed by atoms with Crippen molar-refractivity contribution in [1.29, 1.82) is 0 Å². The van der Waals surface area contributed by atoms with E-state index in [4.69, 9.17) is 5.73 Å². The van der Waals surface area contributed by atoms with Crippen molar-refractivity contribution in [2.24, 2.45) is 11.1 Å². The Kier molecular flexibility index (Phi) is 5.67. The molecule has 3 rings (SSSR count). The summed E-state index contributed by atoms with van der Waals surface area (Å²) in [5, 5.41) is 4.20. The van der Waals surface area contributed by atoms with E-state index >= 15 is 0 Å². The largest absolute Gasteiger partial charge is 0.342 e. The fourth-order valence-corrected chi connectivity index (χ4v) is 3.06. The number of hydrogen-bond donors (Lipinski definition) is 1. The Labute approximate surface area is 149 Å². The Hall–Kier alpha value is -1.85. The summed E-state index contributed by atoms with van der Waals surface area (Å²) in [5.41, 5.74) is 8.15. The number of carbonyl (C=O) groups excluding carboxylic acids is 1. The van der Waals surface area contributed by atoms with Crippen LogP contribution in [0.2, 0.25) is 0 Å². The van der Waals surface area contributed by atoms with Gasteiger partial charge in [0.15, 0.2) is 0 Å². The fraction of sp³-hybridized carbons (Fsp3) is 0.444. The van der Waals surface area contributed by atoms with Gasteiger partial charge in [-0.1, -0.05) is 26.0 Å². The lowest BCUT2D eigenvalue weighted by Gasteiger charge is -2.42. The number of hydrogen-bond acceptors (Lipinski definition) is 3. The summed E-state index contributed by atoms with van der Waals surface area (Å²) in [4.78, 5) is 14.5. The van der Waals surface area contributed by atoms with Crippen LogP contribution in [0, 0.1) is 5.41 Å². The number of likely N-dealkylation sites (tertiary alicyclic amines) is 1. The molecular formula is C18H25ClN4O. The van der Waals surface area contributed by atoms with E-state index in [0.29, 0.717) is 6.42 Å². The van der Waals surface area contributed by atoms with Crippen LogP contribution in [0.4, 0.5) is 0 Å². The van der Waals surface area contributed by atoms with Gasteiger partial charge in [-0.05, 0) is 35.6 Å². The summed E-state index contributed by atoms with van der Waals surface area (Å²) < 4.78 is 1.81. The van der Waals surface area contributed by atoms with Crippen LogP contribution in [0.1, 0.15) is 25.8 Å². The molecule has 130 valence electrons. The van der Waals surface area contributed by atoms with E-state index in [1.807, 2.05) is 41.4 Å². The molecule has 1 aromatic carbocycles. The van der Waals surface area contributed by atoms with Gasteiger partial charge < -0.3 is 10.6 Å². The molecule has 0 bridgehead atoms. The number of benzene rings is 1. The summed E-state index contributed by atoms with van der Waals surface area (Å²) in [6, 6.07) is 10.0. The molecule has 1 aliphatic heterocycles. The number of rotatable bonds is 3. The number of amides is 1. The lowest BCUT2D eigenvalue weighted by atomic mass is 9.79. The third-order valence-electron chi connectivity index (χ3n) is 4.73. The first-order valence-electron chi connectivity index (χ1n) is 8.08. The third kappa shape index (κ3) is 3.97. The molecule has 0 saturated carbocycles. The van der Waals surface area contributed by atoms with Gasteiger partial charge >= 0.3 is 0 Å². The second kappa shape index (κ2) is 7.36. The van der Waals surface area contributed by atoms with Gasteiger partial charge in [-0.2, -0.15) is 5.10 Å². The van der Waals surface area contributed by atoms with E-state index in [1.165, 1.54) is 0 Å². The van der Waals surface area contributed by atoms with Crippen molar-refractivity contribution in [2.75, 3.05) is 13.1 Å². The van der Waals surface area contributed by atoms with Crippen LogP contribution in [0.15, 0.2) is 42.7 Å². The molecule has 6 heteroatoms. The molecule has 1 saturated heterocycles. The van der Waals surface area contributed by atoms with E-state index < -0.39 is 0 Å². The van der Waals surface area contributed by atoms with E-state index in [-0.39, 0.29) is 29.8 Å². The smallest absolute Gasteiger partial charge is 0.227 e. The van der Waals surface area contributed by atoms with Crippen molar-refractivity contribution in [3.63, 3.8) is 0 Å². The van der Waals surface area contributed by atoms with Crippen molar-refractivity contribution >= 4 is 18.3 Å². The monoisotopic (exact) mass is 348 g/mol. The van der Waals surface area contributed by atoms with E-state index in [9.17, 15) is 4.79 Å². The molecule has 2 heterocycles. The summed E-state index contributed by atoms with van der Waals surface area (Å²) in [7, 11) is 0. The van der Waals surface area contributed by atoms with Crippen LogP contribution in [-0.2, 0) is 11.2 Å². The molecule has 0 spiro atoms. The maximum atomic E-state index is 12.5. The highest BCUT2D eigenvalue weighted by atomic mass is 35.5. The van der Waals surface area contributed by atoms with Crippen LogP contribution in [0.25, 0.3) is 5.69 Å². The highest BCUT2D eigenvalue weighted by Gasteiger charge is 2.35. The highest BCUT2D eigenvalue weighted by Crippen LogP contribution is 2.28. The Bertz CT molecular complexity index is 667. The van der Waals surface area contributed by atoms with Crippen molar-refractivity contribution in [2.45, 2.75) is 32.7 Å². The Morgan fingerprint density at radius 1 is 1.33 bits per heavy atom. The molecule has 1 fully saturated rings. The number of carbonyl (C=O) groups is 1. The quantitative estimate of drug-likeness (QED) is 0.926. The Morgan fingerprint density at radius 3 is 2.62 bits per heavy atom. The summed E-state index contributed by atoms with van der Waals surface area (Å²) in [6.45, 7) is 5.76. The first kappa shape index (κ1) is 18.5. The van der Waals surface area contributed by atoms with Crippen molar-refractivity contribution in [3.05, 3.63) is 48.3 Å². The second-order valence-corrected chi connectivity index (χ2v) is 6.99. The average molecular weight is 349 g/mol. The number of nitrogens with two attached hydrogens (primary N) is 1. The maximum Gasteiger partial charge on any atom is 0.227 e. The van der Waals surface area contributed by atoms with Gasteiger partial charge in [0.05, 0.1) is 12.1 Å². The minimum atomic E-state index is -0.0160. The van der Waals surface area contributed by atoms with Crippen molar-refractivity contribution in [3.8, 4) is 5.69 Å². The number of halogens is 1. The zero-order chi connectivity index (χ0) is 16.4. The van der Waals surface area contributed by atoms with Gasteiger partial charge in [0.2, 0.25) is 5.91 Å². The lowest BCUT2D eigenvalue weighted by Crippen LogP contribution is -2.54. The topological polar surface area (TPSA) is 64.2 Å². The third-order valence-corrected chi connectivity index (χ3v) is 4.73. The fourth-order valence-electron chi connectivity index (χ4n) is 3.06. The molecule has 0 aliphatic carbocycles. The van der Waals surface area contributed by atoms with Gasteiger partial charge in [0.1, 0.15) is 0 Å². The number of nitrogens with zero attached hydrogens (tertiary/aromatic N) is 3.